The fourth-order valence-electron chi connectivity index (χ4n) is 2.32. The highest BCUT2D eigenvalue weighted by atomic mass is 19.4. The molecule has 2 N–H and O–H groups in total. The van der Waals surface area contributed by atoms with Gasteiger partial charge in [0.15, 0.2) is 0 Å². The van der Waals surface area contributed by atoms with Crippen LogP contribution in [-0.4, -0.2) is 36.8 Å². The topological polar surface area (TPSA) is 54.1 Å². The van der Waals surface area contributed by atoms with Crippen LogP contribution in [0.4, 0.5) is 13.2 Å². The quantitative estimate of drug-likeness (QED) is 0.731. The van der Waals surface area contributed by atoms with Crippen LogP contribution in [0.3, 0.4) is 0 Å². The summed E-state index contributed by atoms with van der Waals surface area (Å²) >= 11 is 0. The lowest BCUT2D eigenvalue weighted by Crippen LogP contribution is -2.28. The first-order chi connectivity index (χ1) is 11.0. The minimum atomic E-state index is -4.33. The van der Waals surface area contributed by atoms with E-state index in [-0.39, 0.29) is 19.1 Å². The number of hydrogen-bond acceptors (Lipinski definition) is 2. The van der Waals surface area contributed by atoms with Crippen molar-refractivity contribution in [3.8, 4) is 0 Å². The predicted octanol–water partition coefficient (Wildman–Crippen LogP) is 3.19. The van der Waals surface area contributed by atoms with Crippen LogP contribution in [0.1, 0.15) is 18.4 Å². The highest BCUT2D eigenvalue weighted by Crippen LogP contribution is 2.19. The SMILES string of the molecule is O=C(CCCc1c[nH]c2ccccc12)NCCOCC(F)(F)F. The standard InChI is InChI=1S/C16H19F3N2O2/c17-16(18,19)11-23-9-8-20-15(22)7-3-4-12-10-21-14-6-2-1-5-13(12)14/h1-2,5-6,10,21H,3-4,7-9,11H2,(H,20,22). The Morgan fingerprint density at radius 3 is 2.83 bits per heavy atom. The molecule has 1 aromatic carbocycles. The number of halogens is 3. The molecule has 0 saturated carbocycles. The van der Waals surface area contributed by atoms with Gasteiger partial charge < -0.3 is 15.0 Å². The van der Waals surface area contributed by atoms with E-state index in [9.17, 15) is 18.0 Å². The summed E-state index contributed by atoms with van der Waals surface area (Å²) in [5, 5.41) is 3.69. The number of hydrogen-bond donors (Lipinski definition) is 2. The van der Waals surface area contributed by atoms with E-state index in [1.165, 1.54) is 0 Å². The molecule has 0 aliphatic carbocycles. The number of aromatic nitrogens is 1. The number of fused-ring (bicyclic) bond motifs is 1. The third kappa shape index (κ3) is 5.94. The van der Waals surface area contributed by atoms with E-state index in [2.05, 4.69) is 15.0 Å². The monoisotopic (exact) mass is 328 g/mol. The third-order valence-corrected chi connectivity index (χ3v) is 3.36. The number of rotatable bonds is 8. The van der Waals surface area contributed by atoms with Gasteiger partial charge in [-0.25, -0.2) is 0 Å². The molecular formula is C16H19F3N2O2. The maximum atomic E-state index is 11.8. The van der Waals surface area contributed by atoms with Crippen LogP contribution in [0.5, 0.6) is 0 Å². The summed E-state index contributed by atoms with van der Waals surface area (Å²) in [4.78, 5) is 14.8. The van der Waals surface area contributed by atoms with Crippen LogP contribution >= 0.6 is 0 Å². The molecule has 0 fully saturated rings. The van der Waals surface area contributed by atoms with Gasteiger partial charge in [0, 0.05) is 30.1 Å². The molecular weight excluding hydrogens is 309 g/mol. The van der Waals surface area contributed by atoms with Gasteiger partial charge in [0.05, 0.1) is 6.61 Å². The van der Waals surface area contributed by atoms with E-state index < -0.39 is 12.8 Å². The number of para-hydroxylation sites is 1. The summed E-state index contributed by atoms with van der Waals surface area (Å²) in [5.41, 5.74) is 2.22. The zero-order valence-corrected chi connectivity index (χ0v) is 12.6. The molecule has 0 saturated heterocycles. The molecule has 1 amide bonds. The lowest BCUT2D eigenvalue weighted by Gasteiger charge is -2.08. The summed E-state index contributed by atoms with van der Waals surface area (Å²) in [6, 6.07) is 7.94. The number of H-pyrrole nitrogens is 1. The maximum absolute atomic E-state index is 11.8. The zero-order chi connectivity index (χ0) is 16.7. The molecule has 2 rings (SSSR count). The summed E-state index contributed by atoms with van der Waals surface area (Å²) in [7, 11) is 0. The molecule has 0 spiro atoms. The number of ether oxygens (including phenoxy) is 1. The summed E-state index contributed by atoms with van der Waals surface area (Å²) in [6.07, 6.45) is -0.616. The highest BCUT2D eigenvalue weighted by molar-refractivity contribution is 5.83. The largest absolute Gasteiger partial charge is 0.411 e. The number of aromatic amines is 1. The van der Waals surface area contributed by atoms with Crippen LogP contribution in [0.25, 0.3) is 10.9 Å². The first-order valence-corrected chi connectivity index (χ1v) is 7.42. The Kier molecular flexibility index (Phi) is 6.04. The molecule has 0 bridgehead atoms. The lowest BCUT2D eigenvalue weighted by molar-refractivity contribution is -0.173. The summed E-state index contributed by atoms with van der Waals surface area (Å²) in [6.45, 7) is -1.35. The van der Waals surface area contributed by atoms with Crippen LogP contribution in [0.2, 0.25) is 0 Å². The maximum Gasteiger partial charge on any atom is 0.411 e. The second-order valence-electron chi connectivity index (χ2n) is 5.23. The van der Waals surface area contributed by atoms with Crippen LogP contribution in [-0.2, 0) is 16.0 Å². The second-order valence-corrected chi connectivity index (χ2v) is 5.23. The van der Waals surface area contributed by atoms with E-state index >= 15 is 0 Å². The Balaban J connectivity index is 1.62. The first kappa shape index (κ1) is 17.3. The lowest BCUT2D eigenvalue weighted by atomic mass is 10.1. The van der Waals surface area contributed by atoms with Gasteiger partial charge in [-0.2, -0.15) is 13.2 Å². The van der Waals surface area contributed by atoms with Gasteiger partial charge >= 0.3 is 6.18 Å². The fraction of sp³-hybridized carbons (Fsp3) is 0.438. The van der Waals surface area contributed by atoms with Crippen molar-refractivity contribution in [3.63, 3.8) is 0 Å². The number of amides is 1. The van der Waals surface area contributed by atoms with E-state index in [0.29, 0.717) is 12.8 Å². The molecule has 0 aliphatic rings. The zero-order valence-electron chi connectivity index (χ0n) is 12.6. The number of alkyl halides is 3. The van der Waals surface area contributed by atoms with E-state index in [1.54, 1.807) is 0 Å². The fourth-order valence-corrected chi connectivity index (χ4v) is 2.32. The molecule has 0 radical (unpaired) electrons. The van der Waals surface area contributed by atoms with Gasteiger partial charge in [-0.1, -0.05) is 18.2 Å². The van der Waals surface area contributed by atoms with E-state index in [0.717, 1.165) is 22.9 Å². The van der Waals surface area contributed by atoms with Crippen molar-refractivity contribution in [3.05, 3.63) is 36.0 Å². The summed E-state index contributed by atoms with van der Waals surface area (Å²) in [5.74, 6) is -0.180. The second kappa shape index (κ2) is 8.01. The first-order valence-electron chi connectivity index (χ1n) is 7.42. The van der Waals surface area contributed by atoms with Crippen molar-refractivity contribution < 1.29 is 22.7 Å². The Morgan fingerprint density at radius 2 is 2.04 bits per heavy atom. The van der Waals surface area contributed by atoms with Crippen LogP contribution in [0, 0.1) is 0 Å². The van der Waals surface area contributed by atoms with Crippen molar-refractivity contribution in [2.45, 2.75) is 25.4 Å². The van der Waals surface area contributed by atoms with Crippen molar-refractivity contribution >= 4 is 16.8 Å². The molecule has 0 unspecified atom stereocenters. The van der Waals surface area contributed by atoms with Crippen molar-refractivity contribution in [2.24, 2.45) is 0 Å². The van der Waals surface area contributed by atoms with Gasteiger partial charge in [0.1, 0.15) is 6.61 Å². The number of benzene rings is 1. The van der Waals surface area contributed by atoms with Gasteiger partial charge in [-0.15, -0.1) is 0 Å². The molecule has 4 nitrogen and oxygen atoms in total. The average Bonchev–Trinajstić information content (AvgIpc) is 2.89. The van der Waals surface area contributed by atoms with Gasteiger partial charge in [0.2, 0.25) is 5.91 Å². The van der Waals surface area contributed by atoms with Crippen LogP contribution < -0.4 is 5.32 Å². The highest BCUT2D eigenvalue weighted by Gasteiger charge is 2.27. The molecule has 0 atom stereocenters. The smallest absolute Gasteiger partial charge is 0.370 e. The Bertz CT molecular complexity index is 638. The van der Waals surface area contributed by atoms with E-state index in [4.69, 9.17) is 0 Å². The number of carbonyl (C=O) groups is 1. The Hall–Kier alpha value is -2.02. The minimum absolute atomic E-state index is 0.0853. The Labute approximate surface area is 132 Å². The van der Waals surface area contributed by atoms with Gasteiger partial charge in [-0.05, 0) is 24.5 Å². The van der Waals surface area contributed by atoms with E-state index in [1.807, 2.05) is 30.5 Å². The van der Waals surface area contributed by atoms with Gasteiger partial charge in [-0.3, -0.25) is 4.79 Å². The molecule has 1 heterocycles. The molecule has 23 heavy (non-hydrogen) atoms. The van der Waals surface area contributed by atoms with Crippen molar-refractivity contribution in [2.75, 3.05) is 19.8 Å². The number of carbonyl (C=O) groups excluding carboxylic acids is 1. The average molecular weight is 328 g/mol. The predicted molar refractivity (Wildman–Crippen MR) is 81.1 cm³/mol. The van der Waals surface area contributed by atoms with Crippen molar-refractivity contribution in [1.82, 2.24) is 10.3 Å². The molecule has 1 aromatic heterocycles. The normalized spacial score (nSPS) is 11.8. The third-order valence-electron chi connectivity index (χ3n) is 3.36. The summed E-state index contributed by atoms with van der Waals surface area (Å²) < 4.78 is 39.9. The molecule has 0 aliphatic heterocycles. The van der Waals surface area contributed by atoms with Gasteiger partial charge in [0.25, 0.3) is 0 Å². The molecule has 2 aromatic rings. The Morgan fingerprint density at radius 1 is 1.26 bits per heavy atom. The molecule has 7 heteroatoms. The number of aryl methyl sites for hydroxylation is 1. The minimum Gasteiger partial charge on any atom is -0.370 e. The van der Waals surface area contributed by atoms with Crippen LogP contribution in [0.15, 0.2) is 30.5 Å². The van der Waals surface area contributed by atoms with Crippen molar-refractivity contribution in [1.29, 1.82) is 0 Å². The molecule has 126 valence electrons. The number of nitrogens with one attached hydrogen (secondary N) is 2.